The van der Waals surface area contributed by atoms with Gasteiger partial charge in [-0.2, -0.15) is 10.5 Å². The smallest absolute Gasteiger partial charge is 0.400 e. The Bertz CT molecular complexity index is 926. The number of halogens is 1. The highest BCUT2D eigenvalue weighted by molar-refractivity contribution is 6.31. The molecule has 7 nitrogen and oxygen atoms in total. The molecule has 3 aromatic rings. The molecule has 0 radical (unpaired) electrons. The highest BCUT2D eigenvalue weighted by atomic mass is 35.5. The summed E-state index contributed by atoms with van der Waals surface area (Å²) in [6, 6.07) is 11.9. The van der Waals surface area contributed by atoms with Crippen molar-refractivity contribution in [3.63, 3.8) is 0 Å². The van der Waals surface area contributed by atoms with E-state index in [2.05, 4.69) is 17.4 Å². The van der Waals surface area contributed by atoms with Crippen molar-refractivity contribution in [1.29, 1.82) is 0 Å². The zero-order valence-electron chi connectivity index (χ0n) is 15.6. The third-order valence-corrected chi connectivity index (χ3v) is 4.04. The molecular formula is C20H21ClN2O5. The van der Waals surface area contributed by atoms with Crippen LogP contribution in [0.25, 0.3) is 11.1 Å². The van der Waals surface area contributed by atoms with Gasteiger partial charge < -0.3 is 18.7 Å². The topological polar surface area (TPSA) is 82.8 Å². The number of rotatable bonds is 9. The second-order valence-electron chi connectivity index (χ2n) is 6.09. The number of hydrogen-bond acceptors (Lipinski definition) is 7. The summed E-state index contributed by atoms with van der Waals surface area (Å²) in [7, 11) is 0. The van der Waals surface area contributed by atoms with Gasteiger partial charge in [0.05, 0.1) is 0 Å². The van der Waals surface area contributed by atoms with Crippen LogP contribution >= 0.6 is 11.6 Å². The summed E-state index contributed by atoms with van der Waals surface area (Å²) in [5, 5.41) is 0.560. The highest BCUT2D eigenvalue weighted by Crippen LogP contribution is 2.28. The van der Waals surface area contributed by atoms with Crippen molar-refractivity contribution in [3.05, 3.63) is 47.5 Å². The number of benzene rings is 2. The van der Waals surface area contributed by atoms with Gasteiger partial charge in [-0.25, -0.2) is 4.79 Å². The molecule has 0 aliphatic rings. The predicted octanol–water partition coefficient (Wildman–Crippen LogP) is 4.89. The predicted molar refractivity (Wildman–Crippen MR) is 105 cm³/mol. The molecule has 0 spiro atoms. The second-order valence-corrected chi connectivity index (χ2v) is 6.53. The number of hydrogen-bond donors (Lipinski definition) is 1. The van der Waals surface area contributed by atoms with Crippen LogP contribution in [-0.2, 0) is 9.63 Å². The first kappa shape index (κ1) is 20.0. The lowest BCUT2D eigenvalue weighted by Gasteiger charge is -2.14. The number of carbonyl (C=O) groups excluding carboxylic acids is 1. The zero-order valence-corrected chi connectivity index (χ0v) is 16.4. The van der Waals surface area contributed by atoms with Crippen LogP contribution in [0.5, 0.6) is 17.6 Å². The molecule has 8 heteroatoms. The molecule has 148 valence electrons. The number of aromatic nitrogens is 1. The molecule has 0 amide bonds. The van der Waals surface area contributed by atoms with Crippen LogP contribution in [0.3, 0.4) is 0 Å². The van der Waals surface area contributed by atoms with Crippen molar-refractivity contribution in [2.75, 3.05) is 6.54 Å². The molecule has 2 aromatic carbocycles. The van der Waals surface area contributed by atoms with Crippen molar-refractivity contribution in [1.82, 2.24) is 10.5 Å². The number of ether oxygens (including phenoxy) is 2. The van der Waals surface area contributed by atoms with E-state index in [1.807, 2.05) is 0 Å². The molecule has 0 saturated carbocycles. The minimum atomic E-state index is -0.748. The van der Waals surface area contributed by atoms with Gasteiger partial charge in [-0.05, 0) is 49.7 Å². The molecule has 1 N–H and O–H groups in total. The molecule has 0 aliphatic heterocycles. The Labute approximate surface area is 167 Å². The fourth-order valence-corrected chi connectivity index (χ4v) is 2.48. The van der Waals surface area contributed by atoms with Crippen LogP contribution < -0.4 is 15.0 Å². The van der Waals surface area contributed by atoms with Crippen LogP contribution in [0.2, 0.25) is 5.02 Å². The molecule has 1 atom stereocenters. The standard InChI is InChI=1S/C20H21ClN2O5/c1-3-4-11-22-28-19(24)13(2)25-15-6-8-16(9-7-15)26-20-23-17-10-5-14(21)12-18(17)27-20/h5-10,12-13,22H,3-4,11H2,1-2H3. The van der Waals surface area contributed by atoms with E-state index in [1.54, 1.807) is 49.4 Å². The molecular weight excluding hydrogens is 384 g/mol. The average Bonchev–Trinajstić information content (AvgIpc) is 3.07. The van der Waals surface area contributed by atoms with Gasteiger partial charge >= 0.3 is 12.0 Å². The number of hydroxylamine groups is 1. The molecule has 1 heterocycles. The van der Waals surface area contributed by atoms with Crippen LogP contribution in [0.4, 0.5) is 0 Å². The molecule has 0 saturated heterocycles. The van der Waals surface area contributed by atoms with E-state index in [0.29, 0.717) is 34.2 Å². The van der Waals surface area contributed by atoms with E-state index in [0.717, 1.165) is 12.8 Å². The van der Waals surface area contributed by atoms with Crippen molar-refractivity contribution in [2.45, 2.75) is 32.8 Å². The highest BCUT2D eigenvalue weighted by Gasteiger charge is 2.17. The quantitative estimate of drug-likeness (QED) is 0.401. The summed E-state index contributed by atoms with van der Waals surface area (Å²) in [4.78, 5) is 21.1. The Morgan fingerprint density at radius 2 is 1.96 bits per heavy atom. The van der Waals surface area contributed by atoms with Crippen molar-refractivity contribution >= 4 is 28.7 Å². The first-order valence-electron chi connectivity index (χ1n) is 8.99. The SMILES string of the molecule is CCCCNOC(=O)C(C)Oc1ccc(Oc2nc3ccc(Cl)cc3o2)cc1. The number of fused-ring (bicyclic) bond motifs is 1. The fourth-order valence-electron chi connectivity index (χ4n) is 2.31. The Kier molecular flexibility index (Phi) is 6.73. The molecule has 0 fully saturated rings. The van der Waals surface area contributed by atoms with E-state index in [-0.39, 0.29) is 6.08 Å². The minimum absolute atomic E-state index is 0.112. The third-order valence-electron chi connectivity index (χ3n) is 3.81. The van der Waals surface area contributed by atoms with Gasteiger partial charge in [0.2, 0.25) is 0 Å². The second kappa shape index (κ2) is 9.43. The fraction of sp³-hybridized carbons (Fsp3) is 0.300. The minimum Gasteiger partial charge on any atom is -0.479 e. The Balaban J connectivity index is 1.54. The summed E-state index contributed by atoms with van der Waals surface area (Å²) >= 11 is 5.93. The summed E-state index contributed by atoms with van der Waals surface area (Å²) in [6.07, 6.45) is 1.31. The number of oxazole rings is 1. The lowest BCUT2D eigenvalue weighted by Crippen LogP contribution is -2.31. The Morgan fingerprint density at radius 1 is 1.21 bits per heavy atom. The summed E-state index contributed by atoms with van der Waals surface area (Å²) in [6.45, 7) is 4.29. The van der Waals surface area contributed by atoms with Crippen LogP contribution in [0.1, 0.15) is 26.7 Å². The molecule has 28 heavy (non-hydrogen) atoms. The van der Waals surface area contributed by atoms with Gasteiger partial charge in [-0.15, -0.1) is 0 Å². The van der Waals surface area contributed by atoms with E-state index in [9.17, 15) is 4.79 Å². The number of carbonyl (C=O) groups is 1. The maximum absolute atomic E-state index is 11.9. The van der Waals surface area contributed by atoms with E-state index in [1.165, 1.54) is 0 Å². The first-order valence-corrected chi connectivity index (χ1v) is 9.37. The lowest BCUT2D eigenvalue weighted by molar-refractivity contribution is -0.158. The number of unbranched alkanes of at least 4 members (excludes halogenated alkanes) is 1. The summed E-state index contributed by atoms with van der Waals surface area (Å²) in [5.74, 6) is 0.540. The maximum Gasteiger partial charge on any atom is 0.400 e. The monoisotopic (exact) mass is 404 g/mol. The number of nitrogens with one attached hydrogen (secondary N) is 1. The van der Waals surface area contributed by atoms with Gasteiger partial charge in [-0.3, -0.25) is 0 Å². The van der Waals surface area contributed by atoms with E-state index >= 15 is 0 Å². The molecule has 0 bridgehead atoms. The lowest BCUT2D eigenvalue weighted by atomic mass is 10.3. The molecule has 1 unspecified atom stereocenters. The van der Waals surface area contributed by atoms with Crippen LogP contribution in [-0.4, -0.2) is 23.6 Å². The van der Waals surface area contributed by atoms with Gasteiger partial charge in [0.25, 0.3) is 0 Å². The maximum atomic E-state index is 11.9. The largest absolute Gasteiger partial charge is 0.479 e. The number of nitrogens with zero attached hydrogens (tertiary/aromatic N) is 1. The summed E-state index contributed by atoms with van der Waals surface area (Å²) < 4.78 is 16.7. The average molecular weight is 405 g/mol. The van der Waals surface area contributed by atoms with Gasteiger partial charge in [-0.1, -0.05) is 24.9 Å². The third kappa shape index (κ3) is 5.37. The van der Waals surface area contributed by atoms with Gasteiger partial charge in [0.15, 0.2) is 11.7 Å². The van der Waals surface area contributed by atoms with Crippen LogP contribution in [0, 0.1) is 0 Å². The Hall–Kier alpha value is -2.77. The van der Waals surface area contributed by atoms with E-state index < -0.39 is 12.1 Å². The Morgan fingerprint density at radius 3 is 2.71 bits per heavy atom. The van der Waals surface area contributed by atoms with Gasteiger partial charge in [0.1, 0.15) is 17.0 Å². The van der Waals surface area contributed by atoms with Crippen molar-refractivity contribution in [3.8, 4) is 17.6 Å². The molecule has 0 aliphatic carbocycles. The van der Waals surface area contributed by atoms with Crippen LogP contribution in [0.15, 0.2) is 46.9 Å². The van der Waals surface area contributed by atoms with Gasteiger partial charge in [0, 0.05) is 17.6 Å². The molecule has 1 aromatic heterocycles. The first-order chi connectivity index (χ1) is 13.5. The zero-order chi connectivity index (χ0) is 19.9. The van der Waals surface area contributed by atoms with Crippen molar-refractivity contribution < 1.29 is 23.5 Å². The summed E-state index contributed by atoms with van der Waals surface area (Å²) in [5.41, 5.74) is 3.82. The molecule has 3 rings (SSSR count). The van der Waals surface area contributed by atoms with E-state index in [4.69, 9.17) is 30.3 Å². The van der Waals surface area contributed by atoms with Crippen molar-refractivity contribution in [2.24, 2.45) is 0 Å². The normalized spacial score (nSPS) is 12.0.